The summed E-state index contributed by atoms with van der Waals surface area (Å²) in [6, 6.07) is 0. The van der Waals surface area contributed by atoms with Gasteiger partial charge in [-0.1, -0.05) is 115 Å². The third kappa shape index (κ3) is 10.1. The number of hydrogen-bond donors (Lipinski definition) is 0. The Morgan fingerprint density at radius 1 is 0.480 bits per heavy atom. The zero-order valence-corrected chi connectivity index (χ0v) is 18.3. The van der Waals surface area contributed by atoms with Crippen molar-refractivity contribution in [3.05, 3.63) is 34.6 Å². The van der Waals surface area contributed by atoms with Crippen LogP contribution in [0.15, 0.2) is 34.6 Å². The van der Waals surface area contributed by atoms with Crippen molar-refractivity contribution >= 4 is 6.71 Å². The van der Waals surface area contributed by atoms with E-state index in [2.05, 4.69) is 59.8 Å². The minimum absolute atomic E-state index is 0.587. The Balaban J connectivity index is 6.01. The van der Waals surface area contributed by atoms with E-state index in [1.165, 1.54) is 77.0 Å². The van der Waals surface area contributed by atoms with Crippen LogP contribution in [0.4, 0.5) is 0 Å². The van der Waals surface area contributed by atoms with Gasteiger partial charge < -0.3 is 0 Å². The molecular weight excluding hydrogens is 299 g/mol. The fourth-order valence-corrected chi connectivity index (χ4v) is 3.66. The quantitative estimate of drug-likeness (QED) is 0.261. The largest absolute Gasteiger partial charge is 0.227 e. The highest BCUT2D eigenvalue weighted by molar-refractivity contribution is 6.80. The van der Waals surface area contributed by atoms with E-state index < -0.39 is 0 Å². The van der Waals surface area contributed by atoms with Crippen LogP contribution in [0.2, 0.25) is 0 Å². The van der Waals surface area contributed by atoms with Crippen molar-refractivity contribution in [2.45, 2.75) is 119 Å². The van der Waals surface area contributed by atoms with Crippen LogP contribution in [0.25, 0.3) is 0 Å². The third-order valence-corrected chi connectivity index (χ3v) is 4.81. The Labute approximate surface area is 160 Å². The van der Waals surface area contributed by atoms with Crippen LogP contribution in [0.1, 0.15) is 119 Å². The highest BCUT2D eigenvalue weighted by atomic mass is 14.1. The van der Waals surface area contributed by atoms with E-state index in [-0.39, 0.29) is 0 Å². The number of unbranched alkanes of at least 4 members (excludes halogenated alkanes) is 3. The van der Waals surface area contributed by atoms with Crippen molar-refractivity contribution in [1.29, 1.82) is 0 Å². The highest BCUT2D eigenvalue weighted by Gasteiger charge is 2.26. The fraction of sp³-hybridized carbons (Fsp3) is 0.750. The van der Waals surface area contributed by atoms with E-state index in [0.29, 0.717) is 6.71 Å². The molecule has 0 bridgehead atoms. The summed E-state index contributed by atoms with van der Waals surface area (Å²) < 4.78 is 0. The van der Waals surface area contributed by atoms with Gasteiger partial charge >= 0.3 is 0 Å². The summed E-state index contributed by atoms with van der Waals surface area (Å²) in [5.41, 5.74) is 5.11. The monoisotopic (exact) mass is 344 g/mol. The van der Waals surface area contributed by atoms with Crippen molar-refractivity contribution in [2.24, 2.45) is 0 Å². The van der Waals surface area contributed by atoms with E-state index in [4.69, 9.17) is 0 Å². The van der Waals surface area contributed by atoms with E-state index in [1.807, 2.05) is 0 Å². The molecule has 0 N–H and O–H groups in total. The molecule has 25 heavy (non-hydrogen) atoms. The lowest BCUT2D eigenvalue weighted by molar-refractivity contribution is 0.876. The lowest BCUT2D eigenvalue weighted by Crippen LogP contribution is -2.25. The predicted octanol–water partition coefficient (Wildman–Crippen LogP) is 8.68. The van der Waals surface area contributed by atoms with Crippen LogP contribution in [0.5, 0.6) is 0 Å². The average molecular weight is 344 g/mol. The van der Waals surface area contributed by atoms with Gasteiger partial charge in [0.2, 0.25) is 6.71 Å². The van der Waals surface area contributed by atoms with Gasteiger partial charge in [0.15, 0.2) is 0 Å². The van der Waals surface area contributed by atoms with E-state index >= 15 is 0 Å². The number of hydrogen-bond acceptors (Lipinski definition) is 0. The molecule has 144 valence electrons. The standard InChI is InChI=1S/C24H45B/c1-7-13-19-22(16-10-4)25(23(17-11-5)20-14-8-2)24(18-12-6)21-15-9-3/h19-21H,7-18H2,1-6H3/b22-19+,23-20+,24-21+. The second-order valence-corrected chi connectivity index (χ2v) is 7.39. The van der Waals surface area contributed by atoms with Gasteiger partial charge in [-0.05, 0) is 38.5 Å². The smallest absolute Gasteiger partial charge is 0.0953 e. The maximum atomic E-state index is 2.58. The second-order valence-electron chi connectivity index (χ2n) is 7.39. The lowest BCUT2D eigenvalue weighted by Gasteiger charge is -2.24. The molecule has 0 saturated carbocycles. The number of rotatable bonds is 15. The first-order valence-electron chi connectivity index (χ1n) is 11.3. The molecule has 0 aromatic carbocycles. The zero-order valence-electron chi connectivity index (χ0n) is 18.3. The van der Waals surface area contributed by atoms with Gasteiger partial charge in [0.1, 0.15) is 0 Å². The van der Waals surface area contributed by atoms with Gasteiger partial charge in [-0.15, -0.1) is 0 Å². The van der Waals surface area contributed by atoms with Gasteiger partial charge in [-0.3, -0.25) is 0 Å². The normalized spacial score (nSPS) is 13.4. The summed E-state index contributed by atoms with van der Waals surface area (Å²) in [5, 5.41) is 0. The molecule has 1 heteroatoms. The van der Waals surface area contributed by atoms with Gasteiger partial charge in [0, 0.05) is 0 Å². The highest BCUT2D eigenvalue weighted by Crippen LogP contribution is 2.29. The van der Waals surface area contributed by atoms with E-state index in [1.54, 1.807) is 16.4 Å². The van der Waals surface area contributed by atoms with Gasteiger partial charge in [-0.2, -0.15) is 0 Å². The van der Waals surface area contributed by atoms with Crippen molar-refractivity contribution in [3.63, 3.8) is 0 Å². The van der Waals surface area contributed by atoms with Crippen molar-refractivity contribution in [2.75, 3.05) is 0 Å². The molecule has 0 radical (unpaired) electrons. The summed E-state index contributed by atoms with van der Waals surface area (Å²) in [4.78, 5) is 0. The van der Waals surface area contributed by atoms with E-state index in [9.17, 15) is 0 Å². The molecule has 0 amide bonds. The van der Waals surface area contributed by atoms with Crippen molar-refractivity contribution in [3.8, 4) is 0 Å². The average Bonchev–Trinajstić information content (AvgIpc) is 2.62. The molecule has 0 rings (SSSR count). The molecule has 0 fully saturated rings. The van der Waals surface area contributed by atoms with Crippen LogP contribution in [-0.2, 0) is 0 Å². The van der Waals surface area contributed by atoms with Gasteiger partial charge in [0.05, 0.1) is 0 Å². The first-order valence-corrected chi connectivity index (χ1v) is 11.3. The molecule has 0 heterocycles. The van der Waals surface area contributed by atoms with Crippen molar-refractivity contribution in [1.82, 2.24) is 0 Å². The maximum Gasteiger partial charge on any atom is 0.227 e. The van der Waals surface area contributed by atoms with Gasteiger partial charge in [-0.25, -0.2) is 0 Å². The van der Waals surface area contributed by atoms with Crippen LogP contribution in [-0.4, -0.2) is 6.71 Å². The molecule has 0 aliphatic heterocycles. The zero-order chi connectivity index (χ0) is 18.9. The summed E-state index contributed by atoms with van der Waals surface area (Å²) >= 11 is 0. The van der Waals surface area contributed by atoms with Crippen LogP contribution in [0.3, 0.4) is 0 Å². The summed E-state index contributed by atoms with van der Waals surface area (Å²) in [6.07, 6.45) is 22.7. The lowest BCUT2D eigenvalue weighted by atomic mass is 9.33. The first kappa shape index (κ1) is 24.3. The topological polar surface area (TPSA) is 0 Å². The molecule has 0 atom stereocenters. The molecule has 0 saturated heterocycles. The predicted molar refractivity (Wildman–Crippen MR) is 119 cm³/mol. The Morgan fingerprint density at radius 2 is 0.760 bits per heavy atom. The fourth-order valence-electron chi connectivity index (χ4n) is 3.66. The SMILES string of the molecule is CCC/C=C(\CCC)B(/C(=C/CCC)CCC)/C(=C/CCC)CCC. The summed E-state index contributed by atoms with van der Waals surface area (Å²) in [7, 11) is 0. The molecule has 0 aliphatic rings. The molecule has 0 aromatic rings. The minimum atomic E-state index is 0.587. The van der Waals surface area contributed by atoms with Gasteiger partial charge in [0.25, 0.3) is 0 Å². The maximum absolute atomic E-state index is 2.58. The Bertz CT molecular complexity index is 339. The number of allylic oxidation sites excluding steroid dienone is 6. The first-order chi connectivity index (χ1) is 12.2. The second kappa shape index (κ2) is 16.7. The summed E-state index contributed by atoms with van der Waals surface area (Å²) in [5.74, 6) is 0. The third-order valence-electron chi connectivity index (χ3n) is 4.81. The molecule has 0 unspecified atom stereocenters. The van der Waals surface area contributed by atoms with Crippen molar-refractivity contribution < 1.29 is 0 Å². The minimum Gasteiger partial charge on any atom is -0.0953 e. The Hall–Kier alpha value is -0.715. The molecule has 0 aliphatic carbocycles. The van der Waals surface area contributed by atoms with Crippen LogP contribution in [0, 0.1) is 0 Å². The molecule has 0 aromatic heterocycles. The Morgan fingerprint density at radius 3 is 0.960 bits per heavy atom. The van der Waals surface area contributed by atoms with Crippen LogP contribution >= 0.6 is 0 Å². The van der Waals surface area contributed by atoms with E-state index in [0.717, 1.165) is 0 Å². The van der Waals surface area contributed by atoms with Crippen LogP contribution < -0.4 is 0 Å². The Kier molecular flexibility index (Phi) is 16.3. The summed E-state index contributed by atoms with van der Waals surface area (Å²) in [6.45, 7) is 14.5. The molecule has 0 spiro atoms. The molecule has 0 nitrogen and oxygen atoms in total. The molecular formula is C24H45B.